The zero-order valence-corrected chi connectivity index (χ0v) is 14.0. The first-order valence-corrected chi connectivity index (χ1v) is 8.55. The van der Waals surface area contributed by atoms with E-state index in [2.05, 4.69) is 51.6 Å². The van der Waals surface area contributed by atoms with Gasteiger partial charge in [-0.3, -0.25) is 20.3 Å². The van der Waals surface area contributed by atoms with E-state index in [1.807, 2.05) is 0 Å². The van der Waals surface area contributed by atoms with E-state index in [1.165, 1.54) is 5.56 Å². The Balaban J connectivity index is 1.63. The summed E-state index contributed by atoms with van der Waals surface area (Å²) >= 11 is 0. The SMILES string of the molecule is CCc1ccc(N2CCCN3C4C(=O)NC(=O)N(C)C4NC23)cc1. The highest BCUT2D eigenvalue weighted by Gasteiger charge is 2.53. The zero-order chi connectivity index (χ0) is 16.8. The lowest BCUT2D eigenvalue weighted by atomic mass is 10.1. The molecule has 3 aliphatic heterocycles. The van der Waals surface area contributed by atoms with E-state index in [-0.39, 0.29) is 30.4 Å². The third-order valence-electron chi connectivity index (χ3n) is 5.31. The Morgan fingerprint density at radius 3 is 2.62 bits per heavy atom. The molecule has 3 fully saturated rings. The van der Waals surface area contributed by atoms with Gasteiger partial charge in [0, 0.05) is 25.8 Å². The maximum absolute atomic E-state index is 12.4. The largest absolute Gasteiger partial charge is 0.343 e. The van der Waals surface area contributed by atoms with Crippen LogP contribution in [0.3, 0.4) is 0 Å². The van der Waals surface area contributed by atoms with E-state index in [0.717, 1.165) is 31.6 Å². The molecular weight excluding hydrogens is 306 g/mol. The number of fused-ring (bicyclic) bond motifs is 3. The number of likely N-dealkylation sites (N-methyl/N-ethyl adjacent to an activating group) is 1. The lowest BCUT2D eigenvalue weighted by molar-refractivity contribution is -0.128. The number of hydrogen-bond acceptors (Lipinski definition) is 5. The predicted molar refractivity (Wildman–Crippen MR) is 90.3 cm³/mol. The van der Waals surface area contributed by atoms with E-state index in [9.17, 15) is 9.59 Å². The quantitative estimate of drug-likeness (QED) is 0.828. The first-order valence-electron chi connectivity index (χ1n) is 8.55. The molecule has 1 aromatic rings. The molecule has 0 bridgehead atoms. The molecule has 0 aliphatic carbocycles. The number of aryl methyl sites for hydroxylation is 1. The first kappa shape index (κ1) is 15.4. The van der Waals surface area contributed by atoms with Crippen molar-refractivity contribution in [3.05, 3.63) is 29.8 Å². The molecule has 0 radical (unpaired) electrons. The van der Waals surface area contributed by atoms with Gasteiger partial charge in [-0.2, -0.15) is 0 Å². The number of benzene rings is 1. The van der Waals surface area contributed by atoms with Crippen LogP contribution in [0.15, 0.2) is 24.3 Å². The number of imide groups is 1. The van der Waals surface area contributed by atoms with Gasteiger partial charge in [-0.05, 0) is 30.5 Å². The lowest BCUT2D eigenvalue weighted by Crippen LogP contribution is -2.65. The normalized spacial score (nSPS) is 30.2. The van der Waals surface area contributed by atoms with Gasteiger partial charge in [0.25, 0.3) is 0 Å². The van der Waals surface area contributed by atoms with Crippen molar-refractivity contribution >= 4 is 17.6 Å². The van der Waals surface area contributed by atoms with Gasteiger partial charge in [0.15, 0.2) is 0 Å². The summed E-state index contributed by atoms with van der Waals surface area (Å²) < 4.78 is 0. The molecule has 3 unspecified atom stereocenters. The third kappa shape index (κ3) is 2.27. The molecule has 3 saturated heterocycles. The molecule has 3 atom stereocenters. The minimum atomic E-state index is -0.340. The first-order chi connectivity index (χ1) is 11.6. The van der Waals surface area contributed by atoms with Crippen molar-refractivity contribution in [2.45, 2.75) is 38.3 Å². The van der Waals surface area contributed by atoms with Crippen LogP contribution in [0.25, 0.3) is 0 Å². The number of hydrogen-bond donors (Lipinski definition) is 2. The van der Waals surface area contributed by atoms with Crippen LogP contribution < -0.4 is 15.5 Å². The van der Waals surface area contributed by atoms with Crippen LogP contribution in [0.2, 0.25) is 0 Å². The summed E-state index contributed by atoms with van der Waals surface area (Å²) in [5.41, 5.74) is 2.45. The minimum absolute atomic E-state index is 0.0691. The second-order valence-electron chi connectivity index (χ2n) is 6.64. The Kier molecular flexibility index (Phi) is 3.69. The molecule has 4 rings (SSSR count). The molecule has 7 heteroatoms. The summed E-state index contributed by atoms with van der Waals surface area (Å²) in [6, 6.07) is 7.90. The Morgan fingerprint density at radius 2 is 1.92 bits per heavy atom. The Morgan fingerprint density at radius 1 is 1.17 bits per heavy atom. The molecule has 3 aliphatic rings. The molecule has 3 heterocycles. The van der Waals surface area contributed by atoms with Gasteiger partial charge in [-0.25, -0.2) is 4.79 Å². The summed E-state index contributed by atoms with van der Waals surface area (Å²) in [7, 11) is 1.73. The standard InChI is InChI=1S/C17H23N5O2/c1-3-11-5-7-12(8-6-11)21-9-4-10-22-13-14(18-16(21)22)20(2)17(24)19-15(13)23/h5-8,13-14,16,18H,3-4,9-10H2,1-2H3,(H,19,23,24). The highest BCUT2D eigenvalue weighted by Crippen LogP contribution is 2.31. The molecule has 3 amide bonds. The number of rotatable bonds is 2. The summed E-state index contributed by atoms with van der Waals surface area (Å²) in [6.07, 6.45) is 1.65. The van der Waals surface area contributed by atoms with Crippen molar-refractivity contribution in [1.82, 2.24) is 20.4 Å². The van der Waals surface area contributed by atoms with Crippen LogP contribution in [-0.4, -0.2) is 60.4 Å². The van der Waals surface area contributed by atoms with Gasteiger partial charge in [0.05, 0.1) is 0 Å². The predicted octanol–water partition coefficient (Wildman–Crippen LogP) is 0.524. The highest BCUT2D eigenvalue weighted by atomic mass is 16.2. The van der Waals surface area contributed by atoms with Crippen LogP contribution in [0.4, 0.5) is 10.5 Å². The van der Waals surface area contributed by atoms with E-state index in [0.29, 0.717) is 0 Å². The number of carbonyl (C=O) groups excluding carboxylic acids is 2. The summed E-state index contributed by atoms with van der Waals surface area (Å²) in [5.74, 6) is -0.207. The van der Waals surface area contributed by atoms with Crippen molar-refractivity contribution in [2.24, 2.45) is 0 Å². The number of nitrogens with zero attached hydrogens (tertiary/aromatic N) is 3. The molecule has 128 valence electrons. The Bertz CT molecular complexity index is 661. The molecule has 0 spiro atoms. The van der Waals surface area contributed by atoms with Crippen molar-refractivity contribution in [3.8, 4) is 0 Å². The van der Waals surface area contributed by atoms with E-state index >= 15 is 0 Å². The molecule has 7 nitrogen and oxygen atoms in total. The number of anilines is 1. The van der Waals surface area contributed by atoms with Crippen molar-refractivity contribution in [1.29, 1.82) is 0 Å². The smallest absolute Gasteiger partial charge is 0.325 e. The van der Waals surface area contributed by atoms with E-state index in [1.54, 1.807) is 11.9 Å². The van der Waals surface area contributed by atoms with E-state index < -0.39 is 0 Å². The Labute approximate surface area is 141 Å². The zero-order valence-electron chi connectivity index (χ0n) is 14.0. The van der Waals surface area contributed by atoms with Gasteiger partial charge >= 0.3 is 6.03 Å². The van der Waals surface area contributed by atoms with Gasteiger partial charge < -0.3 is 9.80 Å². The van der Waals surface area contributed by atoms with Gasteiger partial charge in [0.2, 0.25) is 5.91 Å². The fraction of sp³-hybridized carbons (Fsp3) is 0.529. The van der Waals surface area contributed by atoms with Crippen LogP contribution in [0.1, 0.15) is 18.9 Å². The van der Waals surface area contributed by atoms with Crippen LogP contribution >= 0.6 is 0 Å². The average Bonchev–Trinajstić information content (AvgIpc) is 3.00. The summed E-state index contributed by atoms with van der Waals surface area (Å²) in [6.45, 7) is 3.92. The molecule has 1 aromatic carbocycles. The van der Waals surface area contributed by atoms with E-state index in [4.69, 9.17) is 0 Å². The second kappa shape index (κ2) is 5.75. The average molecular weight is 329 g/mol. The summed E-state index contributed by atoms with van der Waals surface area (Å²) in [4.78, 5) is 30.3. The second-order valence-corrected chi connectivity index (χ2v) is 6.64. The van der Waals surface area contributed by atoms with Crippen molar-refractivity contribution in [3.63, 3.8) is 0 Å². The molecular formula is C17H23N5O2. The topological polar surface area (TPSA) is 67.9 Å². The fourth-order valence-corrected chi connectivity index (χ4v) is 3.95. The monoisotopic (exact) mass is 329 g/mol. The number of urea groups is 1. The van der Waals surface area contributed by atoms with Crippen LogP contribution in [0.5, 0.6) is 0 Å². The third-order valence-corrected chi connectivity index (χ3v) is 5.31. The van der Waals surface area contributed by atoms with Crippen LogP contribution in [0, 0.1) is 0 Å². The number of amides is 3. The van der Waals surface area contributed by atoms with Crippen LogP contribution in [-0.2, 0) is 11.2 Å². The van der Waals surface area contributed by atoms with Crippen molar-refractivity contribution in [2.75, 3.05) is 25.0 Å². The lowest BCUT2D eigenvalue weighted by Gasteiger charge is -2.42. The van der Waals surface area contributed by atoms with Gasteiger partial charge in [-0.15, -0.1) is 0 Å². The maximum Gasteiger partial charge on any atom is 0.325 e. The maximum atomic E-state index is 12.4. The number of nitrogens with one attached hydrogen (secondary N) is 2. The molecule has 0 aromatic heterocycles. The van der Waals surface area contributed by atoms with Crippen molar-refractivity contribution < 1.29 is 9.59 Å². The summed E-state index contributed by atoms with van der Waals surface area (Å²) in [5, 5.41) is 5.93. The van der Waals surface area contributed by atoms with Gasteiger partial charge in [-0.1, -0.05) is 19.1 Å². The molecule has 24 heavy (non-hydrogen) atoms. The Hall–Kier alpha value is -2.12. The minimum Gasteiger partial charge on any atom is -0.343 e. The molecule has 0 saturated carbocycles. The fourth-order valence-electron chi connectivity index (χ4n) is 3.95. The van der Waals surface area contributed by atoms with Gasteiger partial charge in [0.1, 0.15) is 18.5 Å². The highest BCUT2D eigenvalue weighted by molar-refractivity contribution is 6.00. The molecule has 2 N–H and O–H groups in total. The number of carbonyl (C=O) groups is 2.